The highest BCUT2D eigenvalue weighted by Gasteiger charge is 2.06. The van der Waals surface area contributed by atoms with E-state index in [0.717, 1.165) is 23.7 Å². The van der Waals surface area contributed by atoms with Gasteiger partial charge in [-0.05, 0) is 18.7 Å². The van der Waals surface area contributed by atoms with Crippen molar-refractivity contribution >= 4 is 21.6 Å². The topological polar surface area (TPSA) is 42.7 Å². The van der Waals surface area contributed by atoms with Gasteiger partial charge in [-0.1, -0.05) is 30.4 Å². The lowest BCUT2D eigenvalue weighted by Gasteiger charge is -1.95. The monoisotopic (exact) mass is 258 g/mol. The van der Waals surface area contributed by atoms with Gasteiger partial charge in [-0.3, -0.25) is 0 Å². The Morgan fingerprint density at radius 1 is 1.33 bits per heavy atom. The van der Waals surface area contributed by atoms with Gasteiger partial charge in [-0.2, -0.15) is 5.10 Å². The van der Waals surface area contributed by atoms with Crippen molar-refractivity contribution in [2.75, 3.05) is 6.54 Å². The third-order valence-corrected chi connectivity index (χ3v) is 3.72. The van der Waals surface area contributed by atoms with Gasteiger partial charge in [-0.15, -0.1) is 0 Å². The summed E-state index contributed by atoms with van der Waals surface area (Å²) in [5.41, 5.74) is 2.21. The molecule has 0 fully saturated rings. The molecule has 5 heteroatoms. The SMILES string of the molecule is CCNCc1cnn(-c2nc3ccccc3s2)c1. The number of rotatable bonds is 4. The molecule has 1 N–H and O–H groups in total. The van der Waals surface area contributed by atoms with Gasteiger partial charge >= 0.3 is 0 Å². The summed E-state index contributed by atoms with van der Waals surface area (Å²) in [6.45, 7) is 3.91. The van der Waals surface area contributed by atoms with E-state index in [0.29, 0.717) is 0 Å². The van der Waals surface area contributed by atoms with Crippen LogP contribution in [0.15, 0.2) is 36.7 Å². The molecule has 0 saturated carbocycles. The molecular formula is C13H14N4S. The van der Waals surface area contributed by atoms with E-state index >= 15 is 0 Å². The van der Waals surface area contributed by atoms with E-state index in [1.807, 2.05) is 35.3 Å². The highest BCUT2D eigenvalue weighted by atomic mass is 32.1. The number of benzene rings is 1. The van der Waals surface area contributed by atoms with Crippen molar-refractivity contribution in [2.24, 2.45) is 0 Å². The molecule has 2 heterocycles. The highest BCUT2D eigenvalue weighted by Crippen LogP contribution is 2.24. The summed E-state index contributed by atoms with van der Waals surface area (Å²) >= 11 is 1.66. The minimum Gasteiger partial charge on any atom is -0.313 e. The molecule has 0 aliphatic heterocycles. The van der Waals surface area contributed by atoms with Crippen LogP contribution in [-0.4, -0.2) is 21.3 Å². The van der Waals surface area contributed by atoms with E-state index in [-0.39, 0.29) is 0 Å². The number of fused-ring (bicyclic) bond motifs is 1. The van der Waals surface area contributed by atoms with Crippen LogP contribution in [-0.2, 0) is 6.54 Å². The number of aromatic nitrogens is 3. The van der Waals surface area contributed by atoms with Crippen LogP contribution in [0.2, 0.25) is 0 Å². The van der Waals surface area contributed by atoms with Gasteiger partial charge in [0.15, 0.2) is 0 Å². The molecule has 0 unspecified atom stereocenters. The second kappa shape index (κ2) is 4.88. The van der Waals surface area contributed by atoms with Gasteiger partial charge in [0.25, 0.3) is 0 Å². The summed E-state index contributed by atoms with van der Waals surface area (Å²) in [6.07, 6.45) is 3.91. The molecule has 0 radical (unpaired) electrons. The predicted octanol–water partition coefficient (Wildman–Crippen LogP) is 2.59. The maximum atomic E-state index is 4.58. The second-order valence-electron chi connectivity index (χ2n) is 4.04. The average Bonchev–Trinajstić information content (AvgIpc) is 3.02. The van der Waals surface area contributed by atoms with Gasteiger partial charge in [0.1, 0.15) is 0 Å². The molecule has 2 aromatic heterocycles. The second-order valence-corrected chi connectivity index (χ2v) is 5.05. The van der Waals surface area contributed by atoms with Crippen LogP contribution in [0.4, 0.5) is 0 Å². The lowest BCUT2D eigenvalue weighted by Crippen LogP contribution is -2.10. The summed E-state index contributed by atoms with van der Waals surface area (Å²) in [5, 5.41) is 8.56. The van der Waals surface area contributed by atoms with Gasteiger partial charge in [0.05, 0.1) is 16.4 Å². The van der Waals surface area contributed by atoms with Gasteiger partial charge < -0.3 is 5.32 Å². The summed E-state index contributed by atoms with van der Waals surface area (Å²) in [5.74, 6) is 0. The Balaban J connectivity index is 1.91. The predicted molar refractivity (Wildman–Crippen MR) is 74.1 cm³/mol. The third kappa shape index (κ3) is 2.14. The lowest BCUT2D eigenvalue weighted by atomic mass is 10.3. The van der Waals surface area contributed by atoms with Gasteiger partial charge in [0, 0.05) is 18.3 Å². The molecule has 0 aliphatic rings. The molecule has 3 rings (SSSR count). The maximum Gasteiger partial charge on any atom is 0.211 e. The first-order chi connectivity index (χ1) is 8.86. The van der Waals surface area contributed by atoms with Crippen LogP contribution >= 0.6 is 11.3 Å². The fourth-order valence-corrected chi connectivity index (χ4v) is 2.68. The summed E-state index contributed by atoms with van der Waals surface area (Å²) in [6, 6.07) is 8.15. The fourth-order valence-electron chi connectivity index (χ4n) is 1.78. The van der Waals surface area contributed by atoms with Crippen molar-refractivity contribution < 1.29 is 0 Å². The molecule has 0 atom stereocenters. The van der Waals surface area contributed by atoms with Crippen molar-refractivity contribution in [1.82, 2.24) is 20.1 Å². The first-order valence-corrected chi connectivity index (χ1v) is 6.78. The number of para-hydroxylation sites is 1. The van der Waals surface area contributed by atoms with Crippen LogP contribution in [0, 0.1) is 0 Å². The van der Waals surface area contributed by atoms with Gasteiger partial charge in [0.2, 0.25) is 5.13 Å². The summed E-state index contributed by atoms with van der Waals surface area (Å²) in [7, 11) is 0. The normalized spacial score (nSPS) is 11.2. The summed E-state index contributed by atoms with van der Waals surface area (Å²) < 4.78 is 3.04. The first kappa shape index (κ1) is 11.4. The molecule has 92 valence electrons. The highest BCUT2D eigenvalue weighted by molar-refractivity contribution is 7.20. The van der Waals surface area contributed by atoms with E-state index in [9.17, 15) is 0 Å². The minimum absolute atomic E-state index is 0.849. The van der Waals surface area contributed by atoms with Crippen molar-refractivity contribution in [2.45, 2.75) is 13.5 Å². The number of thiazole rings is 1. The van der Waals surface area contributed by atoms with Crippen LogP contribution in [0.25, 0.3) is 15.3 Å². The van der Waals surface area contributed by atoms with E-state index in [1.165, 1.54) is 10.3 Å². The van der Waals surface area contributed by atoms with E-state index in [2.05, 4.69) is 28.4 Å². The van der Waals surface area contributed by atoms with Crippen molar-refractivity contribution in [3.05, 3.63) is 42.2 Å². The molecule has 0 aliphatic carbocycles. The third-order valence-electron chi connectivity index (χ3n) is 2.69. The molecular weight excluding hydrogens is 244 g/mol. The van der Waals surface area contributed by atoms with Crippen molar-refractivity contribution in [3.8, 4) is 5.13 Å². The van der Waals surface area contributed by atoms with Gasteiger partial charge in [-0.25, -0.2) is 9.67 Å². The number of nitrogens with zero attached hydrogens (tertiary/aromatic N) is 3. The van der Waals surface area contributed by atoms with Crippen molar-refractivity contribution in [1.29, 1.82) is 0 Å². The smallest absolute Gasteiger partial charge is 0.211 e. The standard InChI is InChI=1S/C13H14N4S/c1-2-14-7-10-8-15-17(9-10)13-16-11-5-3-4-6-12(11)18-13/h3-6,8-9,14H,2,7H2,1H3. The van der Waals surface area contributed by atoms with Crippen LogP contribution in [0.5, 0.6) is 0 Å². The zero-order valence-corrected chi connectivity index (χ0v) is 10.9. The van der Waals surface area contributed by atoms with E-state index < -0.39 is 0 Å². The Hall–Kier alpha value is -1.72. The molecule has 1 aromatic carbocycles. The largest absolute Gasteiger partial charge is 0.313 e. The number of nitrogens with one attached hydrogen (secondary N) is 1. The molecule has 3 aromatic rings. The fraction of sp³-hybridized carbons (Fsp3) is 0.231. The molecule has 0 saturated heterocycles. The molecule has 4 nitrogen and oxygen atoms in total. The Morgan fingerprint density at radius 2 is 2.22 bits per heavy atom. The molecule has 18 heavy (non-hydrogen) atoms. The molecule has 0 amide bonds. The summed E-state index contributed by atoms with van der Waals surface area (Å²) in [4.78, 5) is 4.58. The quantitative estimate of drug-likeness (QED) is 0.782. The molecule has 0 bridgehead atoms. The lowest BCUT2D eigenvalue weighted by molar-refractivity contribution is 0.726. The van der Waals surface area contributed by atoms with E-state index in [4.69, 9.17) is 0 Å². The Labute approximate surface area is 109 Å². The zero-order valence-electron chi connectivity index (χ0n) is 10.1. The maximum absolute atomic E-state index is 4.58. The van der Waals surface area contributed by atoms with Crippen LogP contribution in [0.1, 0.15) is 12.5 Å². The Kier molecular flexibility index (Phi) is 3.08. The Morgan fingerprint density at radius 3 is 3.06 bits per heavy atom. The minimum atomic E-state index is 0.849. The zero-order chi connectivity index (χ0) is 12.4. The number of hydrogen-bond acceptors (Lipinski definition) is 4. The first-order valence-electron chi connectivity index (χ1n) is 5.97. The number of hydrogen-bond donors (Lipinski definition) is 1. The average molecular weight is 258 g/mol. The molecule has 0 spiro atoms. The Bertz CT molecular complexity index is 623. The van der Waals surface area contributed by atoms with Crippen LogP contribution in [0.3, 0.4) is 0 Å². The van der Waals surface area contributed by atoms with E-state index in [1.54, 1.807) is 11.3 Å². The van der Waals surface area contributed by atoms with Crippen LogP contribution < -0.4 is 5.32 Å². The van der Waals surface area contributed by atoms with Crippen molar-refractivity contribution in [3.63, 3.8) is 0 Å².